The molecule has 6 aliphatic rings. The molecule has 2 saturated heterocycles. The van der Waals surface area contributed by atoms with Crippen molar-refractivity contribution < 1.29 is 19.2 Å². The number of nitrogens with zero attached hydrogens (tertiary/aromatic N) is 2. The van der Waals surface area contributed by atoms with Crippen molar-refractivity contribution in [3.05, 3.63) is 72.8 Å². The predicted octanol–water partition coefficient (Wildman–Crippen LogP) is 2.66. The Bertz CT molecular complexity index is 1170. The summed E-state index contributed by atoms with van der Waals surface area (Å²) in [6.07, 6.45) is 4.07. The zero-order valence-corrected chi connectivity index (χ0v) is 17.1. The minimum Gasteiger partial charge on any atom is -0.274 e. The lowest BCUT2D eigenvalue weighted by Gasteiger charge is -2.60. The molecule has 6 heteroatoms. The van der Waals surface area contributed by atoms with Gasteiger partial charge in [-0.25, -0.2) is 0 Å². The van der Waals surface area contributed by atoms with E-state index in [9.17, 15) is 19.2 Å². The maximum absolute atomic E-state index is 13.4. The molecule has 0 N–H and O–H groups in total. The molecular formula is C26H20N2O4. The molecule has 2 heterocycles. The molecule has 0 aromatic heterocycles. The van der Waals surface area contributed by atoms with Crippen LogP contribution in [-0.4, -0.2) is 23.6 Å². The van der Waals surface area contributed by atoms with Crippen molar-refractivity contribution in [3.63, 3.8) is 0 Å². The number of amides is 4. The Labute approximate surface area is 184 Å². The maximum Gasteiger partial charge on any atom is 0.238 e. The number of fused-ring (bicyclic) bond motifs is 1. The standard InChI is InChI=1S/C26H20N2O4/c29-23-19-15-11-12-16(20(19)24(30)27(23)13-7-3-1-4-8-13)18-17(15)21-22(18)26(32)28(25(21)31)14-9-5-2-6-10-14/h1-12,15-22H/t15-,16-,17-,18-,19+,20+,21-,22-/m1/s1. The highest BCUT2D eigenvalue weighted by Crippen LogP contribution is 2.68. The van der Waals surface area contributed by atoms with Gasteiger partial charge in [-0.15, -0.1) is 0 Å². The van der Waals surface area contributed by atoms with E-state index in [1.54, 1.807) is 24.3 Å². The summed E-state index contributed by atoms with van der Waals surface area (Å²) >= 11 is 0. The van der Waals surface area contributed by atoms with Crippen LogP contribution in [0.3, 0.4) is 0 Å². The first-order chi connectivity index (χ1) is 15.6. The van der Waals surface area contributed by atoms with Gasteiger partial charge in [0, 0.05) is 0 Å². The third-order valence-corrected chi connectivity index (χ3v) is 8.37. The van der Waals surface area contributed by atoms with Crippen molar-refractivity contribution in [2.45, 2.75) is 0 Å². The molecular weight excluding hydrogens is 404 g/mol. The highest BCUT2D eigenvalue weighted by molar-refractivity contribution is 6.25. The number of hydrogen-bond donors (Lipinski definition) is 0. The van der Waals surface area contributed by atoms with Crippen LogP contribution in [0.2, 0.25) is 0 Å². The second-order valence-corrected chi connectivity index (χ2v) is 9.49. The lowest BCUT2D eigenvalue weighted by atomic mass is 9.40. The third-order valence-electron chi connectivity index (χ3n) is 8.37. The van der Waals surface area contributed by atoms with E-state index in [1.807, 2.05) is 48.6 Å². The van der Waals surface area contributed by atoms with Crippen molar-refractivity contribution in [2.75, 3.05) is 9.80 Å². The van der Waals surface area contributed by atoms with Crippen LogP contribution in [0.4, 0.5) is 11.4 Å². The molecule has 8 atom stereocenters. The fraction of sp³-hybridized carbons (Fsp3) is 0.308. The second-order valence-electron chi connectivity index (χ2n) is 9.49. The molecule has 2 bridgehead atoms. The Morgan fingerprint density at radius 2 is 0.812 bits per heavy atom. The van der Waals surface area contributed by atoms with Crippen LogP contribution in [-0.2, 0) is 19.2 Å². The molecule has 0 unspecified atom stereocenters. The van der Waals surface area contributed by atoms with E-state index in [0.717, 1.165) is 0 Å². The molecule has 2 saturated carbocycles. The van der Waals surface area contributed by atoms with Gasteiger partial charge in [0.15, 0.2) is 0 Å². The Morgan fingerprint density at radius 1 is 0.469 bits per heavy atom. The molecule has 32 heavy (non-hydrogen) atoms. The summed E-state index contributed by atoms with van der Waals surface area (Å²) in [7, 11) is 0. The molecule has 0 radical (unpaired) electrons. The summed E-state index contributed by atoms with van der Waals surface area (Å²) < 4.78 is 0. The molecule has 4 fully saturated rings. The monoisotopic (exact) mass is 424 g/mol. The van der Waals surface area contributed by atoms with Crippen LogP contribution in [0.15, 0.2) is 72.8 Å². The van der Waals surface area contributed by atoms with E-state index in [-0.39, 0.29) is 47.3 Å². The first kappa shape index (κ1) is 18.1. The van der Waals surface area contributed by atoms with Crippen LogP contribution >= 0.6 is 0 Å². The number of carbonyl (C=O) groups is 4. The molecule has 2 aromatic carbocycles. The van der Waals surface area contributed by atoms with Gasteiger partial charge in [-0.05, 0) is 47.9 Å². The van der Waals surface area contributed by atoms with E-state index in [2.05, 4.69) is 0 Å². The van der Waals surface area contributed by atoms with Crippen molar-refractivity contribution in [1.29, 1.82) is 0 Å². The van der Waals surface area contributed by atoms with E-state index < -0.39 is 23.7 Å². The second kappa shape index (κ2) is 6.03. The number of anilines is 2. The number of benzene rings is 2. The molecule has 8 rings (SSSR count). The van der Waals surface area contributed by atoms with E-state index >= 15 is 0 Å². The van der Waals surface area contributed by atoms with Gasteiger partial charge < -0.3 is 0 Å². The normalized spacial score (nSPS) is 38.6. The molecule has 2 aromatic rings. The van der Waals surface area contributed by atoms with E-state index in [0.29, 0.717) is 11.4 Å². The summed E-state index contributed by atoms with van der Waals surface area (Å²) in [5.74, 6) is -2.89. The average Bonchev–Trinajstić information content (AvgIpc) is 3.19. The zero-order valence-electron chi connectivity index (χ0n) is 17.1. The molecule has 0 spiro atoms. The van der Waals surface area contributed by atoms with Crippen molar-refractivity contribution in [3.8, 4) is 0 Å². The quantitative estimate of drug-likeness (QED) is 0.549. The maximum atomic E-state index is 13.4. The van der Waals surface area contributed by atoms with Crippen LogP contribution < -0.4 is 9.80 Å². The predicted molar refractivity (Wildman–Crippen MR) is 115 cm³/mol. The molecule has 4 aliphatic carbocycles. The number of hydrogen-bond acceptors (Lipinski definition) is 4. The van der Waals surface area contributed by atoms with E-state index in [4.69, 9.17) is 0 Å². The number of imide groups is 2. The van der Waals surface area contributed by atoms with Gasteiger partial charge in [0.05, 0.1) is 35.0 Å². The summed E-state index contributed by atoms with van der Waals surface area (Å²) in [6.45, 7) is 0. The van der Waals surface area contributed by atoms with Gasteiger partial charge >= 0.3 is 0 Å². The fourth-order valence-corrected chi connectivity index (χ4v) is 7.26. The molecule has 4 amide bonds. The van der Waals surface area contributed by atoms with Gasteiger partial charge in [-0.3, -0.25) is 29.0 Å². The number of allylic oxidation sites excluding steroid dienone is 2. The third kappa shape index (κ3) is 1.96. The first-order valence-electron chi connectivity index (χ1n) is 11.1. The number of rotatable bonds is 2. The van der Waals surface area contributed by atoms with Crippen LogP contribution in [0.5, 0.6) is 0 Å². The minimum absolute atomic E-state index is 0.0612. The highest BCUT2D eigenvalue weighted by Gasteiger charge is 2.75. The molecule has 6 nitrogen and oxygen atoms in total. The molecule has 2 aliphatic heterocycles. The van der Waals surface area contributed by atoms with Crippen molar-refractivity contribution in [1.82, 2.24) is 0 Å². The van der Waals surface area contributed by atoms with Gasteiger partial charge in [0.2, 0.25) is 23.6 Å². The Balaban J connectivity index is 1.27. The van der Waals surface area contributed by atoms with Crippen molar-refractivity contribution >= 4 is 35.0 Å². The fourth-order valence-electron chi connectivity index (χ4n) is 7.26. The highest BCUT2D eigenvalue weighted by atomic mass is 16.2. The van der Waals surface area contributed by atoms with Gasteiger partial charge in [-0.2, -0.15) is 0 Å². The van der Waals surface area contributed by atoms with Crippen molar-refractivity contribution in [2.24, 2.45) is 47.3 Å². The SMILES string of the molecule is O=C1[C@H]2[C@@H]3C=C[C@@H]([C@@H]2C(=O)N1c1ccccc1)[C@H]1[C@H]2C(=O)N(c4ccccc4)C(=O)[C@@H]2[C@H]31. The lowest BCUT2D eigenvalue weighted by molar-refractivity contribution is -0.166. The Hall–Kier alpha value is -3.54. The minimum atomic E-state index is -0.450. The summed E-state index contributed by atoms with van der Waals surface area (Å²) in [6, 6.07) is 18.1. The summed E-state index contributed by atoms with van der Waals surface area (Å²) in [5, 5.41) is 0. The molecule has 158 valence electrons. The number of carbonyl (C=O) groups excluding carboxylic acids is 4. The van der Waals surface area contributed by atoms with E-state index in [1.165, 1.54) is 9.80 Å². The number of para-hydroxylation sites is 2. The zero-order chi connectivity index (χ0) is 21.7. The summed E-state index contributed by atoms with van der Waals surface area (Å²) in [5.41, 5.74) is 1.18. The van der Waals surface area contributed by atoms with Crippen LogP contribution in [0, 0.1) is 47.3 Å². The van der Waals surface area contributed by atoms with Crippen LogP contribution in [0.25, 0.3) is 0 Å². The van der Waals surface area contributed by atoms with Crippen LogP contribution in [0.1, 0.15) is 0 Å². The summed E-state index contributed by atoms with van der Waals surface area (Å²) in [4.78, 5) is 56.2. The lowest BCUT2D eigenvalue weighted by Crippen LogP contribution is -2.63. The topological polar surface area (TPSA) is 74.8 Å². The smallest absolute Gasteiger partial charge is 0.238 e. The van der Waals surface area contributed by atoms with Gasteiger partial charge in [0.25, 0.3) is 0 Å². The average molecular weight is 424 g/mol. The largest absolute Gasteiger partial charge is 0.274 e. The van der Waals surface area contributed by atoms with Gasteiger partial charge in [-0.1, -0.05) is 48.6 Å². The first-order valence-corrected chi connectivity index (χ1v) is 11.1. The van der Waals surface area contributed by atoms with Gasteiger partial charge in [0.1, 0.15) is 0 Å². The Morgan fingerprint density at radius 3 is 1.19 bits per heavy atom. The Kier molecular flexibility index (Phi) is 3.41.